The first-order chi connectivity index (χ1) is 7.25. The van der Waals surface area contributed by atoms with E-state index in [1.807, 2.05) is 12.1 Å². The van der Waals surface area contributed by atoms with Gasteiger partial charge in [-0.05, 0) is 29.8 Å². The van der Waals surface area contributed by atoms with Crippen molar-refractivity contribution in [3.05, 3.63) is 41.6 Å². The Hall–Kier alpha value is -1.13. The zero-order valence-electron chi connectivity index (χ0n) is 7.81. The lowest BCUT2D eigenvalue weighted by atomic mass is 10.4. The lowest BCUT2D eigenvalue weighted by Crippen LogP contribution is -1.89. The van der Waals surface area contributed by atoms with Gasteiger partial charge in [-0.1, -0.05) is 0 Å². The number of halogens is 1. The third-order valence-corrected chi connectivity index (χ3v) is 3.12. The predicted octanol–water partition coefficient (Wildman–Crippen LogP) is 3.20. The molecule has 2 aromatic rings. The van der Waals surface area contributed by atoms with Crippen molar-refractivity contribution in [2.75, 3.05) is 5.73 Å². The average molecular weight is 241 g/mol. The molecule has 0 amide bonds. The summed E-state index contributed by atoms with van der Waals surface area (Å²) in [7, 11) is 0. The molecule has 0 fully saturated rings. The molecule has 0 saturated carbocycles. The van der Waals surface area contributed by atoms with Crippen LogP contribution in [-0.4, -0.2) is 4.98 Å². The average Bonchev–Trinajstić information content (AvgIpc) is 2.63. The van der Waals surface area contributed by atoms with E-state index in [4.69, 9.17) is 21.8 Å². The molecule has 0 unspecified atom stereocenters. The van der Waals surface area contributed by atoms with Gasteiger partial charge in [0.2, 0.25) is 0 Å². The number of hydrogen-bond donors (Lipinski definition) is 1. The summed E-state index contributed by atoms with van der Waals surface area (Å²) in [5.41, 5.74) is 6.43. The number of thioether (sulfide) groups is 1. The highest BCUT2D eigenvalue weighted by Crippen LogP contribution is 2.28. The maximum absolute atomic E-state index is 5.75. The first-order valence-corrected chi connectivity index (χ1v) is 5.68. The summed E-state index contributed by atoms with van der Waals surface area (Å²) in [5, 5.41) is 0.410. The fourth-order valence-corrected chi connectivity index (χ4v) is 2.10. The van der Waals surface area contributed by atoms with Crippen LogP contribution in [0.4, 0.5) is 5.69 Å². The first kappa shape index (κ1) is 10.4. The molecule has 2 aromatic heterocycles. The summed E-state index contributed by atoms with van der Waals surface area (Å²) in [6.45, 7) is 0. The van der Waals surface area contributed by atoms with Gasteiger partial charge >= 0.3 is 0 Å². The quantitative estimate of drug-likeness (QED) is 0.837. The van der Waals surface area contributed by atoms with E-state index >= 15 is 0 Å². The van der Waals surface area contributed by atoms with Crippen LogP contribution in [0.1, 0.15) is 5.76 Å². The van der Waals surface area contributed by atoms with Crippen molar-refractivity contribution in [1.82, 2.24) is 4.98 Å². The van der Waals surface area contributed by atoms with E-state index in [9.17, 15) is 0 Å². The summed E-state index contributed by atoms with van der Waals surface area (Å²) >= 11 is 7.26. The van der Waals surface area contributed by atoms with Crippen molar-refractivity contribution < 1.29 is 4.42 Å². The topological polar surface area (TPSA) is 52.0 Å². The third kappa shape index (κ3) is 2.67. The van der Waals surface area contributed by atoms with Gasteiger partial charge in [0.25, 0.3) is 0 Å². The summed E-state index contributed by atoms with van der Waals surface area (Å²) in [6.07, 6.45) is 3.35. The molecule has 2 heterocycles. The summed E-state index contributed by atoms with van der Waals surface area (Å²) in [5.74, 6) is 1.54. The summed E-state index contributed by atoms with van der Waals surface area (Å²) in [4.78, 5) is 4.92. The van der Waals surface area contributed by atoms with E-state index in [0.29, 0.717) is 16.7 Å². The van der Waals surface area contributed by atoms with Gasteiger partial charge in [0, 0.05) is 11.1 Å². The predicted molar refractivity (Wildman–Crippen MR) is 61.9 cm³/mol. The molecular weight excluding hydrogens is 232 g/mol. The number of anilines is 1. The molecule has 0 saturated heterocycles. The van der Waals surface area contributed by atoms with Crippen LogP contribution in [0.2, 0.25) is 5.22 Å². The molecule has 15 heavy (non-hydrogen) atoms. The highest BCUT2D eigenvalue weighted by atomic mass is 35.5. The lowest BCUT2D eigenvalue weighted by Gasteiger charge is -2.02. The number of nitrogens with two attached hydrogens (primary N) is 1. The van der Waals surface area contributed by atoms with Crippen molar-refractivity contribution in [3.63, 3.8) is 0 Å². The molecule has 2 rings (SSSR count). The van der Waals surface area contributed by atoms with E-state index in [1.165, 1.54) is 0 Å². The molecule has 0 spiro atoms. The molecule has 2 N–H and O–H groups in total. The Kier molecular flexibility index (Phi) is 3.18. The maximum atomic E-state index is 5.75. The summed E-state index contributed by atoms with van der Waals surface area (Å²) in [6, 6.07) is 5.46. The Labute approximate surface area is 96.6 Å². The molecule has 0 radical (unpaired) electrons. The molecule has 3 nitrogen and oxygen atoms in total. The first-order valence-electron chi connectivity index (χ1n) is 4.32. The number of aromatic nitrogens is 1. The minimum absolute atomic E-state index is 0.410. The lowest BCUT2D eigenvalue weighted by molar-refractivity contribution is 0.532. The zero-order valence-corrected chi connectivity index (χ0v) is 9.39. The molecule has 5 heteroatoms. The van der Waals surface area contributed by atoms with Gasteiger partial charge in [0.1, 0.15) is 5.76 Å². The Morgan fingerprint density at radius 1 is 1.40 bits per heavy atom. The van der Waals surface area contributed by atoms with Gasteiger partial charge in [0.05, 0.1) is 17.6 Å². The number of hydrogen-bond acceptors (Lipinski definition) is 4. The molecule has 0 atom stereocenters. The minimum Gasteiger partial charge on any atom is -0.449 e. The van der Waals surface area contributed by atoms with Gasteiger partial charge < -0.3 is 10.2 Å². The van der Waals surface area contributed by atoms with Crippen LogP contribution >= 0.6 is 23.4 Å². The van der Waals surface area contributed by atoms with Crippen LogP contribution in [0.25, 0.3) is 0 Å². The van der Waals surface area contributed by atoms with Crippen LogP contribution in [0, 0.1) is 0 Å². The number of nitrogens with zero attached hydrogens (tertiary/aromatic N) is 1. The van der Waals surface area contributed by atoms with Gasteiger partial charge in [-0.25, -0.2) is 0 Å². The summed E-state index contributed by atoms with van der Waals surface area (Å²) < 4.78 is 5.23. The molecule has 78 valence electrons. The number of nitrogen functional groups attached to an aromatic ring is 1. The monoisotopic (exact) mass is 240 g/mol. The van der Waals surface area contributed by atoms with E-state index < -0.39 is 0 Å². The molecule has 0 aliphatic rings. The van der Waals surface area contributed by atoms with Gasteiger partial charge in [0.15, 0.2) is 5.22 Å². The van der Waals surface area contributed by atoms with Crippen LogP contribution in [0.5, 0.6) is 0 Å². The minimum atomic E-state index is 0.410. The van der Waals surface area contributed by atoms with E-state index in [1.54, 1.807) is 30.2 Å². The second-order valence-electron chi connectivity index (χ2n) is 2.91. The SMILES string of the molecule is Nc1cnccc1SCc1ccc(Cl)o1. The Morgan fingerprint density at radius 3 is 2.93 bits per heavy atom. The van der Waals surface area contributed by atoms with Crippen LogP contribution in [0.3, 0.4) is 0 Å². The van der Waals surface area contributed by atoms with Crippen LogP contribution < -0.4 is 5.73 Å². The van der Waals surface area contributed by atoms with Gasteiger partial charge in [-0.3, -0.25) is 4.98 Å². The van der Waals surface area contributed by atoms with Crippen LogP contribution in [-0.2, 0) is 5.75 Å². The number of rotatable bonds is 3. The number of pyridine rings is 1. The largest absolute Gasteiger partial charge is 0.449 e. The highest BCUT2D eigenvalue weighted by Gasteiger charge is 2.03. The standard InChI is InChI=1S/C10H9ClN2OS/c11-10-2-1-7(14-10)6-15-9-3-4-13-5-8(9)12/h1-5H,6,12H2. The third-order valence-electron chi connectivity index (χ3n) is 1.81. The normalized spacial score (nSPS) is 10.5. The smallest absolute Gasteiger partial charge is 0.193 e. The second kappa shape index (κ2) is 4.59. The molecule has 0 aliphatic heterocycles. The van der Waals surface area contributed by atoms with E-state index in [2.05, 4.69) is 4.98 Å². The van der Waals surface area contributed by atoms with Crippen molar-refractivity contribution in [2.45, 2.75) is 10.6 Å². The van der Waals surface area contributed by atoms with Crippen LogP contribution in [0.15, 0.2) is 39.9 Å². The molecule has 0 aromatic carbocycles. The Balaban J connectivity index is 2.02. The Morgan fingerprint density at radius 2 is 2.27 bits per heavy atom. The highest BCUT2D eigenvalue weighted by molar-refractivity contribution is 7.98. The fraction of sp³-hybridized carbons (Fsp3) is 0.100. The van der Waals surface area contributed by atoms with Gasteiger partial charge in [-0.15, -0.1) is 11.8 Å². The zero-order chi connectivity index (χ0) is 10.7. The van der Waals surface area contributed by atoms with E-state index in [-0.39, 0.29) is 0 Å². The maximum Gasteiger partial charge on any atom is 0.193 e. The molecule has 0 bridgehead atoms. The second-order valence-corrected chi connectivity index (χ2v) is 4.30. The van der Waals surface area contributed by atoms with Crippen molar-refractivity contribution in [3.8, 4) is 0 Å². The molecular formula is C10H9ClN2OS. The fourth-order valence-electron chi connectivity index (χ4n) is 1.10. The van der Waals surface area contributed by atoms with E-state index in [0.717, 1.165) is 10.7 Å². The van der Waals surface area contributed by atoms with Crippen molar-refractivity contribution >= 4 is 29.1 Å². The van der Waals surface area contributed by atoms with Crippen molar-refractivity contribution in [2.24, 2.45) is 0 Å². The van der Waals surface area contributed by atoms with Crippen molar-refractivity contribution in [1.29, 1.82) is 0 Å². The molecule has 0 aliphatic carbocycles. The van der Waals surface area contributed by atoms with Gasteiger partial charge in [-0.2, -0.15) is 0 Å². The Bertz CT molecular complexity index is 458. The number of furan rings is 1.